The minimum absolute atomic E-state index is 0.511. The van der Waals surface area contributed by atoms with Crippen LogP contribution < -0.4 is 10.2 Å². The summed E-state index contributed by atoms with van der Waals surface area (Å²) in [5.41, 5.74) is 1.99. The Morgan fingerprint density at radius 3 is 2.61 bits per heavy atom. The molecule has 0 bridgehead atoms. The Balaban J connectivity index is 2.17. The van der Waals surface area contributed by atoms with Gasteiger partial charge in [0.25, 0.3) is 0 Å². The second-order valence-corrected chi connectivity index (χ2v) is 9.64. The summed E-state index contributed by atoms with van der Waals surface area (Å²) in [6.07, 6.45) is 2.79. The largest absolute Gasteiger partial charge is 0.378 e. The van der Waals surface area contributed by atoms with Gasteiger partial charge in [0, 0.05) is 26.3 Å². The highest BCUT2D eigenvalue weighted by Gasteiger charge is 2.49. The summed E-state index contributed by atoms with van der Waals surface area (Å²) >= 11 is 6.86. The first-order chi connectivity index (χ1) is 13.2. The number of thiocarbonyl (C=S) groups is 1. The van der Waals surface area contributed by atoms with E-state index in [2.05, 4.69) is 10.4 Å². The molecule has 2 amide bonds. The van der Waals surface area contributed by atoms with Crippen LogP contribution in [-0.2, 0) is 0 Å². The number of hydroxylamine groups is 2. The van der Waals surface area contributed by atoms with Crippen molar-refractivity contribution in [2.75, 3.05) is 25.5 Å². The molecule has 2 rings (SSSR count). The summed E-state index contributed by atoms with van der Waals surface area (Å²) in [7, 11) is 3.97. The second kappa shape index (κ2) is 9.58. The van der Waals surface area contributed by atoms with E-state index in [0.717, 1.165) is 24.1 Å². The number of nitrogens with zero attached hydrogens (tertiary/aromatic N) is 4. The summed E-state index contributed by atoms with van der Waals surface area (Å²) < 4.78 is -0.00313. The Labute approximate surface area is 176 Å². The molecule has 7 nitrogen and oxygen atoms in total. The van der Waals surface area contributed by atoms with E-state index in [1.807, 2.05) is 64.0 Å². The monoisotopic (exact) mass is 423 g/mol. The van der Waals surface area contributed by atoms with Crippen molar-refractivity contribution in [3.8, 4) is 0 Å². The molecule has 1 aliphatic rings. The van der Waals surface area contributed by atoms with Gasteiger partial charge >= 0.3 is 6.03 Å². The molecule has 0 aliphatic carbocycles. The molecule has 0 spiro atoms. The van der Waals surface area contributed by atoms with Crippen molar-refractivity contribution in [1.29, 1.82) is 0 Å². The van der Waals surface area contributed by atoms with Gasteiger partial charge < -0.3 is 10.2 Å². The van der Waals surface area contributed by atoms with Gasteiger partial charge in [-0.1, -0.05) is 49.5 Å². The quantitative estimate of drug-likeness (QED) is 0.229. The van der Waals surface area contributed by atoms with E-state index >= 15 is 0 Å². The predicted molar refractivity (Wildman–Crippen MR) is 120 cm³/mol. The fraction of sp³-hybridized carbons (Fsp3) is 0.526. The van der Waals surface area contributed by atoms with E-state index in [1.165, 1.54) is 16.8 Å². The maximum atomic E-state index is 12.3. The third-order valence-corrected chi connectivity index (χ3v) is 5.91. The standard InChI is InChI=1S/C19H29N5O2S2/c1-6-7-12-20-17(25)24(26)16-19(2,3)28-18(27)23(16)21-13-14-8-10-15(11-9-14)22(4)5/h8-11,13,16,26H,6-7,12H2,1-5H3,(H,20,25)/b21-13+. The molecule has 1 aromatic carbocycles. The van der Waals surface area contributed by atoms with Crippen molar-refractivity contribution in [3.63, 3.8) is 0 Å². The van der Waals surface area contributed by atoms with Crippen molar-refractivity contribution in [2.24, 2.45) is 5.10 Å². The van der Waals surface area contributed by atoms with Crippen LogP contribution in [0.15, 0.2) is 29.4 Å². The highest BCUT2D eigenvalue weighted by atomic mass is 32.2. The van der Waals surface area contributed by atoms with Crippen molar-refractivity contribution in [2.45, 2.75) is 44.5 Å². The number of thioether (sulfide) groups is 1. The fourth-order valence-electron chi connectivity index (χ4n) is 2.78. The number of rotatable bonds is 7. The molecular formula is C19H29N5O2S2. The molecule has 1 unspecified atom stereocenters. The zero-order valence-electron chi connectivity index (χ0n) is 17.0. The lowest BCUT2D eigenvalue weighted by Crippen LogP contribution is -2.55. The van der Waals surface area contributed by atoms with Crippen LogP contribution >= 0.6 is 24.0 Å². The molecular weight excluding hydrogens is 394 g/mol. The molecule has 9 heteroatoms. The molecule has 1 atom stereocenters. The number of hydrogen-bond acceptors (Lipinski definition) is 6. The molecule has 1 saturated heterocycles. The van der Waals surface area contributed by atoms with Crippen LogP contribution in [0, 0.1) is 0 Å². The van der Waals surface area contributed by atoms with E-state index in [0.29, 0.717) is 15.9 Å². The Hall–Kier alpha value is -1.84. The van der Waals surface area contributed by atoms with E-state index in [-0.39, 0.29) is 0 Å². The maximum Gasteiger partial charge on any atom is 0.343 e. The predicted octanol–water partition coefficient (Wildman–Crippen LogP) is 3.73. The van der Waals surface area contributed by atoms with Crippen molar-refractivity contribution < 1.29 is 10.0 Å². The zero-order valence-corrected chi connectivity index (χ0v) is 18.7. The van der Waals surface area contributed by atoms with Crippen LogP contribution in [0.5, 0.6) is 0 Å². The van der Waals surface area contributed by atoms with Crippen LogP contribution in [-0.4, -0.2) is 63.4 Å². The Morgan fingerprint density at radius 2 is 2.04 bits per heavy atom. The average molecular weight is 424 g/mol. The van der Waals surface area contributed by atoms with E-state index in [1.54, 1.807) is 6.21 Å². The van der Waals surface area contributed by atoms with Crippen LogP contribution in [0.1, 0.15) is 39.2 Å². The number of unbranched alkanes of at least 4 members (excludes halogenated alkanes) is 1. The van der Waals surface area contributed by atoms with Crippen LogP contribution in [0.3, 0.4) is 0 Å². The lowest BCUT2D eigenvalue weighted by Gasteiger charge is -2.34. The van der Waals surface area contributed by atoms with Crippen LogP contribution in [0.2, 0.25) is 0 Å². The van der Waals surface area contributed by atoms with Crippen molar-refractivity contribution >= 4 is 46.2 Å². The molecule has 0 saturated carbocycles. The zero-order chi connectivity index (χ0) is 20.9. The lowest BCUT2D eigenvalue weighted by atomic mass is 10.1. The van der Waals surface area contributed by atoms with Gasteiger partial charge in [-0.3, -0.25) is 5.21 Å². The molecule has 28 heavy (non-hydrogen) atoms. The van der Waals surface area contributed by atoms with E-state index in [4.69, 9.17) is 12.2 Å². The minimum atomic E-state index is -0.705. The Morgan fingerprint density at radius 1 is 1.39 bits per heavy atom. The van der Waals surface area contributed by atoms with E-state index in [9.17, 15) is 10.0 Å². The number of anilines is 1. The lowest BCUT2D eigenvalue weighted by molar-refractivity contribution is -0.118. The molecule has 154 valence electrons. The minimum Gasteiger partial charge on any atom is -0.378 e. The Bertz CT molecular complexity index is 722. The van der Waals surface area contributed by atoms with E-state index < -0.39 is 16.9 Å². The number of urea groups is 1. The normalized spacial score (nSPS) is 18.6. The number of nitrogens with one attached hydrogen (secondary N) is 1. The summed E-state index contributed by atoms with van der Waals surface area (Å²) in [6.45, 7) is 6.41. The second-order valence-electron chi connectivity index (χ2n) is 7.35. The van der Waals surface area contributed by atoms with Crippen molar-refractivity contribution in [3.05, 3.63) is 29.8 Å². The number of hydrazone groups is 1. The highest BCUT2D eigenvalue weighted by Crippen LogP contribution is 2.42. The maximum absolute atomic E-state index is 12.3. The van der Waals surface area contributed by atoms with Gasteiger partial charge in [0.1, 0.15) is 0 Å². The molecule has 0 aromatic heterocycles. The molecule has 1 fully saturated rings. The first-order valence-corrected chi connectivity index (χ1v) is 10.5. The van der Waals surface area contributed by atoms with Gasteiger partial charge in [0.15, 0.2) is 10.5 Å². The first kappa shape index (κ1) is 22.4. The molecule has 0 radical (unpaired) electrons. The van der Waals surface area contributed by atoms with Crippen LogP contribution in [0.25, 0.3) is 0 Å². The number of amides is 2. The summed E-state index contributed by atoms with van der Waals surface area (Å²) in [6, 6.07) is 7.37. The summed E-state index contributed by atoms with van der Waals surface area (Å²) in [5.74, 6) is 0. The topological polar surface area (TPSA) is 71.4 Å². The number of carbonyl (C=O) groups is 1. The SMILES string of the molecule is CCCCNC(=O)N(O)C1N(/N=C/c2ccc(N(C)C)cc2)C(=S)SC1(C)C. The smallest absolute Gasteiger partial charge is 0.343 e. The van der Waals surface area contributed by atoms with Gasteiger partial charge in [-0.25, -0.2) is 9.80 Å². The van der Waals surface area contributed by atoms with Crippen molar-refractivity contribution in [1.82, 2.24) is 15.4 Å². The van der Waals surface area contributed by atoms with Gasteiger partial charge in [0.2, 0.25) is 0 Å². The first-order valence-electron chi connectivity index (χ1n) is 9.27. The highest BCUT2D eigenvalue weighted by molar-refractivity contribution is 8.24. The summed E-state index contributed by atoms with van der Waals surface area (Å²) in [5, 5.41) is 20.0. The number of hydrogen-bond donors (Lipinski definition) is 2. The van der Waals surface area contributed by atoms with Gasteiger partial charge in [-0.15, -0.1) is 0 Å². The van der Waals surface area contributed by atoms with Gasteiger partial charge in [0.05, 0.1) is 11.0 Å². The van der Waals surface area contributed by atoms with Crippen LogP contribution in [0.4, 0.5) is 10.5 Å². The summed E-state index contributed by atoms with van der Waals surface area (Å²) in [4.78, 5) is 14.4. The van der Waals surface area contributed by atoms with Gasteiger partial charge in [-0.05, 0) is 38.0 Å². The Kier molecular flexibility index (Phi) is 7.68. The van der Waals surface area contributed by atoms with Gasteiger partial charge in [-0.2, -0.15) is 10.2 Å². The number of benzene rings is 1. The average Bonchev–Trinajstić information content (AvgIpc) is 2.87. The fourth-order valence-corrected chi connectivity index (χ4v) is 4.57. The number of carbonyl (C=O) groups excluding carboxylic acids is 1. The molecule has 2 N–H and O–H groups in total. The third-order valence-electron chi connectivity index (χ3n) is 4.38. The molecule has 1 aliphatic heterocycles. The molecule has 1 heterocycles. The molecule has 1 aromatic rings. The third kappa shape index (κ3) is 5.36.